The minimum absolute atomic E-state index is 0.0380. The molecule has 0 spiro atoms. The summed E-state index contributed by atoms with van der Waals surface area (Å²) in [5.41, 5.74) is 1.82. The van der Waals surface area contributed by atoms with Crippen LogP contribution >= 0.6 is 11.3 Å². The van der Waals surface area contributed by atoms with Crippen LogP contribution in [0.15, 0.2) is 24.3 Å². The SMILES string of the molecule is CC(=O)c1ccc(Oc2nc(C[NH+]3CCOCC3)nc3sc(C)c(C)c23)cc1. The van der Waals surface area contributed by atoms with E-state index in [0.717, 1.165) is 54.5 Å². The summed E-state index contributed by atoms with van der Waals surface area (Å²) in [6.45, 7) is 9.98. The number of ether oxygens (including phenoxy) is 2. The standard InChI is InChI=1S/C21H23N3O3S/c1-13-15(3)28-21-19(13)20(27-17-6-4-16(5-7-17)14(2)25)22-18(23-21)12-24-8-10-26-11-9-24/h4-7H,8-12H2,1-3H3/p+1. The number of carbonyl (C=O) groups excluding carboxylic acids is 1. The van der Waals surface area contributed by atoms with Crippen molar-refractivity contribution in [1.29, 1.82) is 0 Å². The van der Waals surface area contributed by atoms with Gasteiger partial charge in [-0.3, -0.25) is 4.79 Å². The molecular formula is C21H24N3O3S+. The molecule has 146 valence electrons. The molecule has 1 aliphatic heterocycles. The molecule has 0 amide bonds. The summed E-state index contributed by atoms with van der Waals surface area (Å²) < 4.78 is 11.6. The molecule has 3 aromatic rings. The zero-order chi connectivity index (χ0) is 19.7. The van der Waals surface area contributed by atoms with E-state index in [0.29, 0.717) is 17.2 Å². The van der Waals surface area contributed by atoms with Crippen LogP contribution < -0.4 is 9.64 Å². The molecule has 0 bridgehead atoms. The number of carbonyl (C=O) groups is 1. The highest BCUT2D eigenvalue weighted by Gasteiger charge is 2.20. The maximum atomic E-state index is 11.5. The Kier molecular flexibility index (Phi) is 5.39. The maximum absolute atomic E-state index is 11.5. The first kappa shape index (κ1) is 19.0. The number of nitrogens with one attached hydrogen (secondary N) is 1. The Balaban J connectivity index is 1.68. The highest BCUT2D eigenvalue weighted by atomic mass is 32.1. The van der Waals surface area contributed by atoms with Gasteiger partial charge in [-0.2, -0.15) is 4.98 Å². The second-order valence-corrected chi connectivity index (χ2v) is 8.33. The molecule has 6 nitrogen and oxygen atoms in total. The summed E-state index contributed by atoms with van der Waals surface area (Å²) in [5, 5.41) is 0.971. The normalized spacial score (nSPS) is 15.1. The van der Waals surface area contributed by atoms with Crippen molar-refractivity contribution in [3.05, 3.63) is 46.1 Å². The van der Waals surface area contributed by atoms with E-state index in [4.69, 9.17) is 19.4 Å². The third-order valence-electron chi connectivity index (χ3n) is 5.13. The number of benzene rings is 1. The van der Waals surface area contributed by atoms with Crippen molar-refractivity contribution < 1.29 is 19.2 Å². The minimum atomic E-state index is 0.0380. The van der Waals surface area contributed by atoms with E-state index in [-0.39, 0.29) is 5.78 Å². The quantitative estimate of drug-likeness (QED) is 0.670. The van der Waals surface area contributed by atoms with Crippen molar-refractivity contribution in [2.45, 2.75) is 27.3 Å². The molecule has 28 heavy (non-hydrogen) atoms. The van der Waals surface area contributed by atoms with E-state index in [1.54, 1.807) is 30.4 Å². The van der Waals surface area contributed by atoms with Crippen molar-refractivity contribution in [3.63, 3.8) is 0 Å². The Hall–Kier alpha value is -2.35. The molecule has 0 atom stereocenters. The summed E-state index contributed by atoms with van der Waals surface area (Å²) in [6.07, 6.45) is 0. The number of aryl methyl sites for hydroxylation is 2. The second-order valence-electron chi connectivity index (χ2n) is 7.13. The smallest absolute Gasteiger partial charge is 0.231 e. The number of hydrogen-bond acceptors (Lipinski definition) is 6. The van der Waals surface area contributed by atoms with Gasteiger partial charge in [0.25, 0.3) is 0 Å². The fourth-order valence-electron chi connectivity index (χ4n) is 3.34. The molecule has 3 heterocycles. The van der Waals surface area contributed by atoms with Crippen LogP contribution in [0.25, 0.3) is 10.2 Å². The summed E-state index contributed by atoms with van der Waals surface area (Å²) in [4.78, 5) is 24.7. The molecule has 4 rings (SSSR count). The first-order valence-electron chi connectivity index (χ1n) is 9.48. The fraction of sp³-hybridized carbons (Fsp3) is 0.381. The van der Waals surface area contributed by atoms with E-state index in [1.165, 1.54) is 9.78 Å². The lowest BCUT2D eigenvalue weighted by molar-refractivity contribution is -0.922. The van der Waals surface area contributed by atoms with Gasteiger partial charge in [0.05, 0.1) is 18.6 Å². The van der Waals surface area contributed by atoms with Crippen LogP contribution in [0.4, 0.5) is 0 Å². The minimum Gasteiger partial charge on any atom is -0.438 e. The van der Waals surface area contributed by atoms with Crippen LogP contribution in [0.5, 0.6) is 11.6 Å². The van der Waals surface area contributed by atoms with Crippen LogP contribution in [0.1, 0.15) is 33.5 Å². The molecule has 1 fully saturated rings. The van der Waals surface area contributed by atoms with Gasteiger partial charge in [-0.05, 0) is 50.6 Å². The molecule has 2 aromatic heterocycles. The Bertz CT molecular complexity index is 1010. The Morgan fingerprint density at radius 3 is 2.57 bits per heavy atom. The largest absolute Gasteiger partial charge is 0.438 e. The molecule has 0 radical (unpaired) electrons. The van der Waals surface area contributed by atoms with Gasteiger partial charge >= 0.3 is 0 Å². The number of ketones is 1. The average molecular weight is 399 g/mol. The number of rotatable bonds is 5. The van der Waals surface area contributed by atoms with Crippen LogP contribution in [-0.2, 0) is 11.3 Å². The van der Waals surface area contributed by atoms with Crippen LogP contribution in [0.3, 0.4) is 0 Å². The van der Waals surface area contributed by atoms with Crippen molar-refractivity contribution in [1.82, 2.24) is 9.97 Å². The number of nitrogens with zero attached hydrogens (tertiary/aromatic N) is 2. The molecule has 7 heteroatoms. The summed E-state index contributed by atoms with van der Waals surface area (Å²) in [6, 6.07) is 7.18. The second kappa shape index (κ2) is 7.95. The summed E-state index contributed by atoms with van der Waals surface area (Å²) in [5.74, 6) is 2.08. The Morgan fingerprint density at radius 1 is 1.18 bits per heavy atom. The van der Waals surface area contributed by atoms with Crippen LogP contribution in [-0.4, -0.2) is 42.1 Å². The average Bonchev–Trinajstić information content (AvgIpc) is 2.97. The topological polar surface area (TPSA) is 65.8 Å². The van der Waals surface area contributed by atoms with Gasteiger partial charge in [0.2, 0.25) is 5.88 Å². The maximum Gasteiger partial charge on any atom is 0.231 e. The van der Waals surface area contributed by atoms with Crippen LogP contribution in [0.2, 0.25) is 0 Å². The Labute approximate surface area is 168 Å². The highest BCUT2D eigenvalue weighted by molar-refractivity contribution is 7.18. The lowest BCUT2D eigenvalue weighted by Crippen LogP contribution is -3.12. The zero-order valence-corrected chi connectivity index (χ0v) is 17.2. The van der Waals surface area contributed by atoms with Gasteiger partial charge in [0, 0.05) is 10.4 Å². The van der Waals surface area contributed by atoms with E-state index < -0.39 is 0 Å². The molecule has 0 unspecified atom stereocenters. The Morgan fingerprint density at radius 2 is 1.89 bits per heavy atom. The van der Waals surface area contributed by atoms with E-state index in [2.05, 4.69) is 13.8 Å². The van der Waals surface area contributed by atoms with Crippen molar-refractivity contribution in [3.8, 4) is 11.6 Å². The van der Waals surface area contributed by atoms with E-state index in [1.807, 2.05) is 12.1 Å². The van der Waals surface area contributed by atoms with Gasteiger partial charge in [0.1, 0.15) is 30.2 Å². The molecular weight excluding hydrogens is 374 g/mol. The predicted octanol–water partition coefficient (Wildman–Crippen LogP) is 2.72. The molecule has 1 aromatic carbocycles. The first-order chi connectivity index (χ1) is 13.5. The monoisotopic (exact) mass is 398 g/mol. The number of fused-ring (bicyclic) bond motifs is 1. The van der Waals surface area contributed by atoms with E-state index >= 15 is 0 Å². The van der Waals surface area contributed by atoms with Crippen molar-refractivity contribution in [2.75, 3.05) is 26.3 Å². The van der Waals surface area contributed by atoms with Crippen molar-refractivity contribution >= 4 is 27.3 Å². The highest BCUT2D eigenvalue weighted by Crippen LogP contribution is 2.36. The third kappa shape index (κ3) is 3.92. The number of Topliss-reactive ketones (excluding diaryl/α,β-unsaturated/α-hetero) is 1. The van der Waals surface area contributed by atoms with Gasteiger partial charge in [0.15, 0.2) is 11.6 Å². The van der Waals surface area contributed by atoms with Gasteiger partial charge in [-0.1, -0.05) is 0 Å². The summed E-state index contributed by atoms with van der Waals surface area (Å²) >= 11 is 1.68. The van der Waals surface area contributed by atoms with Crippen molar-refractivity contribution in [2.24, 2.45) is 0 Å². The third-order valence-corrected chi connectivity index (χ3v) is 6.23. The predicted molar refractivity (Wildman–Crippen MR) is 109 cm³/mol. The molecule has 0 saturated carbocycles. The first-order valence-corrected chi connectivity index (χ1v) is 10.3. The number of aromatic nitrogens is 2. The van der Waals surface area contributed by atoms with Gasteiger partial charge < -0.3 is 14.4 Å². The lowest BCUT2D eigenvalue weighted by atomic mass is 10.1. The summed E-state index contributed by atoms with van der Waals surface area (Å²) in [7, 11) is 0. The van der Waals surface area contributed by atoms with E-state index in [9.17, 15) is 4.79 Å². The van der Waals surface area contributed by atoms with Gasteiger partial charge in [-0.25, -0.2) is 4.98 Å². The number of quaternary nitrogens is 1. The zero-order valence-electron chi connectivity index (χ0n) is 16.4. The molecule has 1 aliphatic rings. The number of morpholine rings is 1. The molecule has 0 aliphatic carbocycles. The fourth-order valence-corrected chi connectivity index (χ4v) is 4.38. The molecule has 1 saturated heterocycles. The van der Waals surface area contributed by atoms with Gasteiger partial charge in [-0.15, -0.1) is 11.3 Å². The molecule has 1 N–H and O–H groups in total. The van der Waals surface area contributed by atoms with Crippen LogP contribution in [0, 0.1) is 13.8 Å². The number of hydrogen-bond donors (Lipinski definition) is 1. The lowest BCUT2D eigenvalue weighted by Gasteiger charge is -2.23. The number of thiophene rings is 1.